The van der Waals surface area contributed by atoms with E-state index in [1.807, 2.05) is 0 Å². The molecular weight excluding hydrogens is 325 g/mol. The molecule has 1 amide bonds. The Labute approximate surface area is 135 Å². The van der Waals surface area contributed by atoms with Gasteiger partial charge < -0.3 is 15.0 Å². The number of nitrogens with one attached hydrogen (secondary N) is 1. The molecule has 0 aliphatic rings. The Morgan fingerprint density at radius 2 is 1.96 bits per heavy atom. The highest BCUT2D eigenvalue weighted by Gasteiger charge is 2.34. The van der Waals surface area contributed by atoms with Crippen LogP contribution in [-0.2, 0) is 13.2 Å². The van der Waals surface area contributed by atoms with E-state index in [-0.39, 0.29) is 11.1 Å². The number of hydrogen-bond donors (Lipinski definition) is 2. The average molecular weight is 340 g/mol. The van der Waals surface area contributed by atoms with Gasteiger partial charge in [0, 0.05) is 31.4 Å². The maximum absolute atomic E-state index is 12.9. The first-order valence-electron chi connectivity index (χ1n) is 6.99. The van der Waals surface area contributed by atoms with Crippen molar-refractivity contribution in [2.45, 2.75) is 12.3 Å². The number of benzene rings is 1. The smallest absolute Gasteiger partial charge is 0.387 e. The summed E-state index contributed by atoms with van der Waals surface area (Å²) >= 11 is 0. The Kier molecular flexibility index (Phi) is 5.08. The van der Waals surface area contributed by atoms with Crippen molar-refractivity contribution in [3.8, 4) is 0 Å². The quantitative estimate of drug-likeness (QED) is 0.893. The molecule has 2 rings (SSSR count). The van der Waals surface area contributed by atoms with Crippen molar-refractivity contribution in [2.75, 3.05) is 6.54 Å². The van der Waals surface area contributed by atoms with Gasteiger partial charge in [0.05, 0.1) is 11.7 Å². The van der Waals surface area contributed by atoms with Crippen molar-refractivity contribution in [1.29, 1.82) is 0 Å². The fourth-order valence-electron chi connectivity index (χ4n) is 2.14. The Bertz CT molecular complexity index is 800. The molecule has 8 heteroatoms. The van der Waals surface area contributed by atoms with E-state index in [9.17, 15) is 27.9 Å². The molecule has 0 radical (unpaired) electrons. The van der Waals surface area contributed by atoms with Gasteiger partial charge in [-0.2, -0.15) is 13.2 Å². The van der Waals surface area contributed by atoms with Gasteiger partial charge in [-0.1, -0.05) is 18.2 Å². The van der Waals surface area contributed by atoms with Crippen molar-refractivity contribution in [3.05, 3.63) is 69.6 Å². The van der Waals surface area contributed by atoms with Crippen molar-refractivity contribution >= 4 is 5.91 Å². The number of halogens is 3. The van der Waals surface area contributed by atoms with Crippen molar-refractivity contribution < 1.29 is 23.1 Å². The third-order valence-corrected chi connectivity index (χ3v) is 3.45. The van der Waals surface area contributed by atoms with Gasteiger partial charge in [-0.25, -0.2) is 0 Å². The van der Waals surface area contributed by atoms with Gasteiger partial charge in [0.1, 0.15) is 0 Å². The van der Waals surface area contributed by atoms with Crippen LogP contribution in [-0.4, -0.2) is 22.1 Å². The summed E-state index contributed by atoms with van der Waals surface area (Å²) in [6, 6.07) is 7.10. The number of aromatic nitrogens is 1. The zero-order valence-corrected chi connectivity index (χ0v) is 12.7. The molecule has 128 valence electrons. The molecule has 0 spiro atoms. The molecule has 1 atom stereocenters. The van der Waals surface area contributed by atoms with E-state index in [2.05, 4.69) is 5.32 Å². The summed E-state index contributed by atoms with van der Waals surface area (Å²) in [6.45, 7) is -0.416. The van der Waals surface area contributed by atoms with Crippen LogP contribution in [0.2, 0.25) is 0 Å². The molecular formula is C16H15F3N2O3. The van der Waals surface area contributed by atoms with Gasteiger partial charge in [0.2, 0.25) is 0 Å². The van der Waals surface area contributed by atoms with Gasteiger partial charge in [-0.15, -0.1) is 0 Å². The molecule has 1 heterocycles. The zero-order chi connectivity index (χ0) is 17.9. The number of aliphatic hydroxyl groups excluding tert-OH is 1. The van der Waals surface area contributed by atoms with E-state index < -0.39 is 35.9 Å². The minimum atomic E-state index is -4.60. The summed E-state index contributed by atoms with van der Waals surface area (Å²) in [5.41, 5.74) is -1.62. The third kappa shape index (κ3) is 4.02. The van der Waals surface area contributed by atoms with E-state index >= 15 is 0 Å². The van der Waals surface area contributed by atoms with Crippen LogP contribution in [0.3, 0.4) is 0 Å². The molecule has 0 unspecified atom stereocenters. The number of aliphatic hydroxyl groups is 1. The Morgan fingerprint density at radius 1 is 1.29 bits per heavy atom. The van der Waals surface area contributed by atoms with E-state index in [4.69, 9.17) is 0 Å². The van der Waals surface area contributed by atoms with Crippen LogP contribution in [0.1, 0.15) is 27.6 Å². The van der Waals surface area contributed by atoms with E-state index in [1.54, 1.807) is 0 Å². The van der Waals surface area contributed by atoms with Crippen molar-refractivity contribution in [1.82, 2.24) is 9.88 Å². The largest absolute Gasteiger partial charge is 0.416 e. The predicted molar refractivity (Wildman–Crippen MR) is 80.4 cm³/mol. The standard InChI is InChI=1S/C16H15F3N2O3/c1-21-7-6-10(8-14(21)23)15(24)20-9-13(22)11-4-2-3-5-12(11)16(17,18)19/h2-8,13,22H,9H2,1H3,(H,20,24)/t13-/m1/s1. The molecule has 0 saturated heterocycles. The normalized spacial score (nSPS) is 12.7. The number of aryl methyl sites for hydroxylation is 1. The molecule has 0 saturated carbocycles. The van der Waals surface area contributed by atoms with Crippen molar-refractivity contribution in [3.63, 3.8) is 0 Å². The maximum Gasteiger partial charge on any atom is 0.416 e. The van der Waals surface area contributed by atoms with Crippen LogP contribution in [0.15, 0.2) is 47.4 Å². The van der Waals surface area contributed by atoms with Gasteiger partial charge in [-0.3, -0.25) is 9.59 Å². The first kappa shape index (κ1) is 17.7. The lowest BCUT2D eigenvalue weighted by atomic mass is 10.0. The Balaban J connectivity index is 2.11. The highest BCUT2D eigenvalue weighted by atomic mass is 19.4. The monoisotopic (exact) mass is 340 g/mol. The van der Waals surface area contributed by atoms with Gasteiger partial charge in [0.25, 0.3) is 11.5 Å². The number of hydrogen-bond acceptors (Lipinski definition) is 3. The molecule has 0 aliphatic heterocycles. The summed E-state index contributed by atoms with van der Waals surface area (Å²) in [6.07, 6.45) is -4.74. The van der Waals surface area contributed by atoms with E-state index in [0.29, 0.717) is 0 Å². The topological polar surface area (TPSA) is 71.3 Å². The van der Waals surface area contributed by atoms with Crippen LogP contribution in [0.5, 0.6) is 0 Å². The first-order chi connectivity index (χ1) is 11.2. The lowest BCUT2D eigenvalue weighted by Gasteiger charge is -2.18. The third-order valence-electron chi connectivity index (χ3n) is 3.45. The molecule has 1 aromatic heterocycles. The molecule has 2 aromatic rings. The highest BCUT2D eigenvalue weighted by molar-refractivity contribution is 5.93. The number of rotatable bonds is 4. The summed E-state index contributed by atoms with van der Waals surface area (Å²) in [4.78, 5) is 23.4. The van der Waals surface area contributed by atoms with Crippen LogP contribution < -0.4 is 10.9 Å². The number of pyridine rings is 1. The van der Waals surface area contributed by atoms with E-state index in [1.165, 1.54) is 36.0 Å². The number of carbonyl (C=O) groups is 1. The number of amides is 1. The second kappa shape index (κ2) is 6.88. The molecule has 0 aliphatic carbocycles. The van der Waals surface area contributed by atoms with Crippen LogP contribution in [0.25, 0.3) is 0 Å². The fourth-order valence-corrected chi connectivity index (χ4v) is 2.14. The summed E-state index contributed by atoms with van der Waals surface area (Å²) in [5, 5.41) is 12.3. The van der Waals surface area contributed by atoms with Crippen LogP contribution in [0, 0.1) is 0 Å². The molecule has 24 heavy (non-hydrogen) atoms. The molecule has 5 nitrogen and oxygen atoms in total. The molecule has 0 bridgehead atoms. The van der Waals surface area contributed by atoms with Gasteiger partial charge in [0.15, 0.2) is 0 Å². The Morgan fingerprint density at radius 3 is 2.58 bits per heavy atom. The predicted octanol–water partition coefficient (Wildman–Crippen LogP) is 1.87. The Hall–Kier alpha value is -2.61. The minimum Gasteiger partial charge on any atom is -0.387 e. The van der Waals surface area contributed by atoms with Crippen molar-refractivity contribution in [2.24, 2.45) is 7.05 Å². The van der Waals surface area contributed by atoms with Crippen LogP contribution >= 0.6 is 0 Å². The number of carbonyl (C=O) groups excluding carboxylic acids is 1. The number of nitrogens with zero attached hydrogens (tertiary/aromatic N) is 1. The number of alkyl halides is 3. The SMILES string of the molecule is Cn1ccc(C(=O)NC[C@@H](O)c2ccccc2C(F)(F)F)cc1=O. The summed E-state index contributed by atoms with van der Waals surface area (Å²) in [5.74, 6) is -0.656. The average Bonchev–Trinajstić information content (AvgIpc) is 2.54. The lowest BCUT2D eigenvalue weighted by Crippen LogP contribution is -2.30. The van der Waals surface area contributed by atoms with Crippen LogP contribution in [0.4, 0.5) is 13.2 Å². The molecule has 0 fully saturated rings. The summed E-state index contributed by atoms with van der Waals surface area (Å²) in [7, 11) is 1.52. The fraction of sp³-hybridized carbons (Fsp3) is 0.250. The second-order valence-electron chi connectivity index (χ2n) is 5.18. The van der Waals surface area contributed by atoms with E-state index in [0.717, 1.165) is 18.2 Å². The minimum absolute atomic E-state index is 0.0643. The maximum atomic E-state index is 12.9. The molecule has 1 aromatic carbocycles. The summed E-state index contributed by atoms with van der Waals surface area (Å²) < 4.78 is 40.0. The second-order valence-corrected chi connectivity index (χ2v) is 5.18. The van der Waals surface area contributed by atoms with Gasteiger partial charge >= 0.3 is 6.18 Å². The molecule has 2 N–H and O–H groups in total. The lowest BCUT2D eigenvalue weighted by molar-refractivity contribution is -0.139. The highest BCUT2D eigenvalue weighted by Crippen LogP contribution is 2.34. The first-order valence-corrected chi connectivity index (χ1v) is 6.99. The van der Waals surface area contributed by atoms with Gasteiger partial charge in [-0.05, 0) is 17.7 Å². The zero-order valence-electron chi connectivity index (χ0n) is 12.7.